The van der Waals surface area contributed by atoms with E-state index in [4.69, 9.17) is 15.2 Å². The van der Waals surface area contributed by atoms with E-state index in [0.717, 1.165) is 49.8 Å². The lowest BCUT2D eigenvalue weighted by Gasteiger charge is -2.25. The fraction of sp³-hybridized carbons (Fsp3) is 0.625. The first-order chi connectivity index (χ1) is 10.1. The third-order valence-corrected chi connectivity index (χ3v) is 4.10. The van der Waals surface area contributed by atoms with Crippen LogP contribution in [-0.4, -0.2) is 63.8 Å². The van der Waals surface area contributed by atoms with Gasteiger partial charge >= 0.3 is 0 Å². The van der Waals surface area contributed by atoms with E-state index in [2.05, 4.69) is 16.8 Å². The van der Waals surface area contributed by atoms with Gasteiger partial charge in [0, 0.05) is 31.2 Å². The third-order valence-electron chi connectivity index (χ3n) is 4.10. The molecular formula is C16H27N3O2. The smallest absolute Gasteiger partial charge is 0.123 e. The Morgan fingerprint density at radius 2 is 1.95 bits per heavy atom. The second-order valence-electron chi connectivity index (χ2n) is 5.67. The first-order valence-electron chi connectivity index (χ1n) is 7.52. The molecule has 1 aromatic carbocycles. The molecule has 1 aromatic rings. The zero-order chi connectivity index (χ0) is 15.2. The third kappa shape index (κ3) is 4.33. The molecule has 1 aliphatic heterocycles. The molecule has 1 heterocycles. The van der Waals surface area contributed by atoms with Crippen molar-refractivity contribution in [3.8, 4) is 11.5 Å². The van der Waals surface area contributed by atoms with Crippen LogP contribution in [0.25, 0.3) is 0 Å². The number of nitrogens with two attached hydrogens (primary N) is 1. The first kappa shape index (κ1) is 16.1. The normalized spacial score (nSPS) is 19.0. The molecule has 0 amide bonds. The van der Waals surface area contributed by atoms with Crippen molar-refractivity contribution in [1.29, 1.82) is 0 Å². The molecule has 0 aliphatic carbocycles. The van der Waals surface area contributed by atoms with Crippen LogP contribution in [0.2, 0.25) is 0 Å². The van der Waals surface area contributed by atoms with E-state index in [1.165, 1.54) is 6.42 Å². The molecule has 2 rings (SSSR count). The van der Waals surface area contributed by atoms with E-state index in [1.54, 1.807) is 14.2 Å². The highest BCUT2D eigenvalue weighted by atomic mass is 16.5. The Morgan fingerprint density at radius 3 is 2.67 bits per heavy atom. The molecule has 0 bridgehead atoms. The minimum atomic E-state index is -0.0709. The van der Waals surface area contributed by atoms with Crippen LogP contribution in [0.4, 0.5) is 0 Å². The minimum Gasteiger partial charge on any atom is -0.497 e. The van der Waals surface area contributed by atoms with Gasteiger partial charge in [-0.1, -0.05) is 0 Å². The summed E-state index contributed by atoms with van der Waals surface area (Å²) in [5.74, 6) is 1.65. The largest absolute Gasteiger partial charge is 0.497 e. The van der Waals surface area contributed by atoms with Gasteiger partial charge in [-0.3, -0.25) is 0 Å². The first-order valence-corrected chi connectivity index (χ1v) is 7.52. The van der Waals surface area contributed by atoms with Crippen molar-refractivity contribution in [2.24, 2.45) is 5.73 Å². The van der Waals surface area contributed by atoms with Crippen LogP contribution in [0.15, 0.2) is 18.2 Å². The lowest BCUT2D eigenvalue weighted by Crippen LogP contribution is -2.35. The summed E-state index contributed by atoms with van der Waals surface area (Å²) >= 11 is 0. The van der Waals surface area contributed by atoms with Gasteiger partial charge in [0.1, 0.15) is 11.5 Å². The van der Waals surface area contributed by atoms with Crippen LogP contribution in [0.1, 0.15) is 18.0 Å². The predicted octanol–water partition coefficient (Wildman–Crippen LogP) is 1.34. The molecule has 1 saturated heterocycles. The predicted molar refractivity (Wildman–Crippen MR) is 85.0 cm³/mol. The number of rotatable bonds is 5. The highest BCUT2D eigenvalue weighted by Gasteiger charge is 2.19. The molecule has 5 nitrogen and oxygen atoms in total. The lowest BCUT2D eigenvalue weighted by atomic mass is 10.1. The summed E-state index contributed by atoms with van der Waals surface area (Å²) in [4.78, 5) is 4.81. The van der Waals surface area contributed by atoms with Gasteiger partial charge in [-0.25, -0.2) is 0 Å². The molecule has 21 heavy (non-hydrogen) atoms. The van der Waals surface area contributed by atoms with Crippen molar-refractivity contribution in [2.75, 3.05) is 54.0 Å². The summed E-state index contributed by atoms with van der Waals surface area (Å²) in [6, 6.07) is 5.73. The number of hydrogen-bond donors (Lipinski definition) is 1. The van der Waals surface area contributed by atoms with Crippen LogP contribution in [0.3, 0.4) is 0 Å². The van der Waals surface area contributed by atoms with Crippen molar-refractivity contribution in [1.82, 2.24) is 9.80 Å². The summed E-state index contributed by atoms with van der Waals surface area (Å²) in [7, 11) is 5.52. The van der Waals surface area contributed by atoms with Gasteiger partial charge in [0.05, 0.1) is 14.2 Å². The second-order valence-corrected chi connectivity index (χ2v) is 5.67. The van der Waals surface area contributed by atoms with Gasteiger partial charge in [-0.15, -0.1) is 0 Å². The zero-order valence-corrected chi connectivity index (χ0v) is 13.3. The maximum Gasteiger partial charge on any atom is 0.123 e. The standard InChI is InChI=1S/C16H27N3O2/c1-18-7-4-8-19(10-9-18)12-15(17)14-11-13(20-2)5-6-16(14)21-3/h5-6,11,15H,4,7-10,12,17H2,1-3H3. The monoisotopic (exact) mass is 293 g/mol. The topological polar surface area (TPSA) is 51.0 Å². The summed E-state index contributed by atoms with van der Waals surface area (Å²) < 4.78 is 10.7. The molecule has 1 unspecified atom stereocenters. The van der Waals surface area contributed by atoms with Crippen molar-refractivity contribution in [3.05, 3.63) is 23.8 Å². The molecule has 1 aliphatic rings. The van der Waals surface area contributed by atoms with Crippen LogP contribution in [0, 0.1) is 0 Å². The van der Waals surface area contributed by atoms with Crippen LogP contribution < -0.4 is 15.2 Å². The number of nitrogens with zero attached hydrogens (tertiary/aromatic N) is 2. The maximum atomic E-state index is 6.42. The summed E-state index contributed by atoms with van der Waals surface area (Å²) in [5.41, 5.74) is 7.43. The molecule has 1 atom stereocenters. The van der Waals surface area contributed by atoms with E-state index in [9.17, 15) is 0 Å². The van der Waals surface area contributed by atoms with E-state index in [1.807, 2.05) is 18.2 Å². The van der Waals surface area contributed by atoms with E-state index in [-0.39, 0.29) is 6.04 Å². The highest BCUT2D eigenvalue weighted by molar-refractivity contribution is 5.42. The van der Waals surface area contributed by atoms with Gasteiger partial charge in [0.15, 0.2) is 0 Å². The molecular weight excluding hydrogens is 266 g/mol. The number of hydrogen-bond acceptors (Lipinski definition) is 5. The van der Waals surface area contributed by atoms with E-state index in [0.29, 0.717) is 0 Å². The number of ether oxygens (including phenoxy) is 2. The van der Waals surface area contributed by atoms with E-state index < -0.39 is 0 Å². The average molecular weight is 293 g/mol. The molecule has 0 saturated carbocycles. The Labute approximate surface area is 127 Å². The summed E-state index contributed by atoms with van der Waals surface area (Å²) in [5, 5.41) is 0. The maximum absolute atomic E-state index is 6.42. The molecule has 0 spiro atoms. The van der Waals surface area contributed by atoms with Gasteiger partial charge in [-0.2, -0.15) is 0 Å². The molecule has 2 N–H and O–H groups in total. The van der Waals surface area contributed by atoms with Gasteiger partial charge in [0.25, 0.3) is 0 Å². The molecule has 1 fully saturated rings. The second kappa shape index (κ2) is 7.64. The Bertz CT molecular complexity index is 453. The summed E-state index contributed by atoms with van der Waals surface area (Å²) in [6.07, 6.45) is 1.19. The zero-order valence-electron chi connectivity index (χ0n) is 13.3. The fourth-order valence-electron chi connectivity index (χ4n) is 2.79. The van der Waals surface area contributed by atoms with Crippen molar-refractivity contribution >= 4 is 0 Å². The van der Waals surface area contributed by atoms with Crippen LogP contribution in [-0.2, 0) is 0 Å². The van der Waals surface area contributed by atoms with Crippen LogP contribution >= 0.6 is 0 Å². The van der Waals surface area contributed by atoms with Crippen LogP contribution in [0.5, 0.6) is 11.5 Å². The Balaban J connectivity index is 2.06. The number of benzene rings is 1. The SMILES string of the molecule is COc1ccc(OC)c(C(N)CN2CCCN(C)CC2)c1. The highest BCUT2D eigenvalue weighted by Crippen LogP contribution is 2.28. The number of methoxy groups -OCH3 is 2. The molecule has 5 heteroatoms. The fourth-order valence-corrected chi connectivity index (χ4v) is 2.79. The van der Waals surface area contributed by atoms with Crippen molar-refractivity contribution in [2.45, 2.75) is 12.5 Å². The Hall–Kier alpha value is -1.30. The molecule has 118 valence electrons. The van der Waals surface area contributed by atoms with Crippen molar-refractivity contribution < 1.29 is 9.47 Å². The van der Waals surface area contributed by atoms with Gasteiger partial charge in [0.2, 0.25) is 0 Å². The minimum absolute atomic E-state index is 0.0709. The number of likely N-dealkylation sites (N-methyl/N-ethyl adjacent to an activating group) is 1. The summed E-state index contributed by atoms with van der Waals surface area (Å²) in [6.45, 7) is 5.27. The molecule has 0 radical (unpaired) electrons. The Kier molecular flexibility index (Phi) is 5.85. The van der Waals surface area contributed by atoms with Gasteiger partial charge in [-0.05, 0) is 44.8 Å². The van der Waals surface area contributed by atoms with Gasteiger partial charge < -0.3 is 25.0 Å². The quantitative estimate of drug-likeness (QED) is 0.888. The lowest BCUT2D eigenvalue weighted by molar-refractivity contribution is 0.259. The molecule has 0 aromatic heterocycles. The van der Waals surface area contributed by atoms with E-state index >= 15 is 0 Å². The van der Waals surface area contributed by atoms with Crippen molar-refractivity contribution in [3.63, 3.8) is 0 Å². The Morgan fingerprint density at radius 1 is 1.14 bits per heavy atom. The average Bonchev–Trinajstić information content (AvgIpc) is 2.71.